The van der Waals surface area contributed by atoms with E-state index in [1.165, 1.54) is 0 Å². The van der Waals surface area contributed by atoms with Crippen molar-refractivity contribution in [2.45, 2.75) is 64.1 Å². The van der Waals surface area contributed by atoms with Crippen molar-refractivity contribution in [1.82, 2.24) is 25.2 Å². The second kappa shape index (κ2) is 10.4. The van der Waals surface area contributed by atoms with Gasteiger partial charge in [0.25, 0.3) is 0 Å². The van der Waals surface area contributed by atoms with E-state index in [-0.39, 0.29) is 24.4 Å². The molecular weight excluding hydrogens is 402 g/mol. The molecule has 0 spiro atoms. The molecule has 1 atom stereocenters. The highest BCUT2D eigenvalue weighted by atomic mass is 16.2. The fourth-order valence-electron chi connectivity index (χ4n) is 4.44. The third-order valence-corrected chi connectivity index (χ3v) is 6.16. The predicted molar refractivity (Wildman–Crippen MR) is 124 cm³/mol. The molecule has 2 amide bonds. The van der Waals surface area contributed by atoms with Gasteiger partial charge in [-0.1, -0.05) is 73.9 Å². The zero-order valence-electron chi connectivity index (χ0n) is 18.6. The lowest BCUT2D eigenvalue weighted by Gasteiger charge is -2.32. The molecule has 1 aliphatic rings. The number of fused-ring (bicyclic) bond motifs is 1. The lowest BCUT2D eigenvalue weighted by molar-refractivity contribution is -0.141. The third-order valence-electron chi connectivity index (χ3n) is 6.16. The summed E-state index contributed by atoms with van der Waals surface area (Å²) in [4.78, 5) is 28.8. The SMILES string of the molecule is CCCCN(C(=O)Cn1nnc2ccccc21)[C@@H](C(=O)NC1CCCC1)c1ccccc1. The van der Waals surface area contributed by atoms with E-state index in [4.69, 9.17) is 0 Å². The van der Waals surface area contributed by atoms with Gasteiger partial charge in [-0.2, -0.15) is 0 Å². The number of hydrogen-bond acceptors (Lipinski definition) is 4. The molecule has 1 saturated carbocycles. The summed E-state index contributed by atoms with van der Waals surface area (Å²) in [6.07, 6.45) is 6.03. The molecule has 0 unspecified atom stereocenters. The number of carbonyl (C=O) groups excluding carboxylic acids is 2. The molecular formula is C25H31N5O2. The van der Waals surface area contributed by atoms with Gasteiger partial charge in [-0.3, -0.25) is 9.59 Å². The van der Waals surface area contributed by atoms with E-state index in [0.29, 0.717) is 6.54 Å². The Hall–Kier alpha value is -3.22. The molecule has 7 heteroatoms. The second-order valence-electron chi connectivity index (χ2n) is 8.48. The average Bonchev–Trinajstić information content (AvgIpc) is 3.47. The first-order chi connectivity index (χ1) is 15.7. The number of para-hydroxylation sites is 1. The van der Waals surface area contributed by atoms with E-state index in [0.717, 1.165) is 55.1 Å². The standard InChI is InChI=1S/C25H31N5O2/c1-2-3-17-29(23(31)18-30-22-16-10-9-15-21(22)27-28-30)24(19-11-5-4-6-12-19)25(32)26-20-13-7-8-14-20/h4-6,9-12,15-16,20,24H,2-3,7-8,13-14,17-18H2,1H3,(H,26,32)/t24-/m1/s1. The molecule has 0 aliphatic heterocycles. The number of hydrogen-bond donors (Lipinski definition) is 1. The van der Waals surface area contributed by atoms with Gasteiger partial charge >= 0.3 is 0 Å². The second-order valence-corrected chi connectivity index (χ2v) is 8.48. The normalized spacial score (nSPS) is 15.0. The highest BCUT2D eigenvalue weighted by Gasteiger charge is 2.33. The lowest BCUT2D eigenvalue weighted by Crippen LogP contribution is -2.47. The molecule has 1 aliphatic carbocycles. The van der Waals surface area contributed by atoms with Crippen LogP contribution in [-0.2, 0) is 16.1 Å². The molecule has 0 saturated heterocycles. The number of benzene rings is 2. The van der Waals surface area contributed by atoms with Crippen LogP contribution < -0.4 is 5.32 Å². The van der Waals surface area contributed by atoms with Crippen molar-refractivity contribution >= 4 is 22.8 Å². The molecule has 32 heavy (non-hydrogen) atoms. The Morgan fingerprint density at radius 1 is 1.09 bits per heavy atom. The maximum atomic E-state index is 13.6. The van der Waals surface area contributed by atoms with Gasteiger partial charge in [0.05, 0.1) is 5.52 Å². The number of nitrogens with one attached hydrogen (secondary N) is 1. The van der Waals surface area contributed by atoms with E-state index in [1.54, 1.807) is 9.58 Å². The molecule has 168 valence electrons. The van der Waals surface area contributed by atoms with E-state index < -0.39 is 6.04 Å². The minimum Gasteiger partial charge on any atom is -0.351 e. The highest BCUT2D eigenvalue weighted by molar-refractivity contribution is 5.89. The van der Waals surface area contributed by atoms with Crippen LogP contribution in [0.2, 0.25) is 0 Å². The summed E-state index contributed by atoms with van der Waals surface area (Å²) in [5.74, 6) is -0.236. The Kier molecular flexibility index (Phi) is 7.14. The van der Waals surface area contributed by atoms with Crippen molar-refractivity contribution < 1.29 is 9.59 Å². The average molecular weight is 434 g/mol. The summed E-state index contributed by atoms with van der Waals surface area (Å²) in [5.41, 5.74) is 2.39. The molecule has 0 bridgehead atoms. The summed E-state index contributed by atoms with van der Waals surface area (Å²) in [6, 6.07) is 16.7. The van der Waals surface area contributed by atoms with Crippen LogP contribution in [0.15, 0.2) is 54.6 Å². The summed E-state index contributed by atoms with van der Waals surface area (Å²) in [5, 5.41) is 11.5. The topological polar surface area (TPSA) is 80.1 Å². The molecule has 1 heterocycles. The van der Waals surface area contributed by atoms with Crippen molar-refractivity contribution in [2.75, 3.05) is 6.54 Å². The van der Waals surface area contributed by atoms with E-state index in [9.17, 15) is 9.59 Å². The Morgan fingerprint density at radius 3 is 2.56 bits per heavy atom. The fraction of sp³-hybridized carbons (Fsp3) is 0.440. The fourth-order valence-corrected chi connectivity index (χ4v) is 4.44. The Labute approximate surface area is 188 Å². The maximum Gasteiger partial charge on any atom is 0.247 e. The van der Waals surface area contributed by atoms with Gasteiger partial charge in [-0.25, -0.2) is 4.68 Å². The van der Waals surface area contributed by atoms with Crippen LogP contribution in [0, 0.1) is 0 Å². The van der Waals surface area contributed by atoms with Crippen molar-refractivity contribution in [2.24, 2.45) is 0 Å². The van der Waals surface area contributed by atoms with Crippen LogP contribution in [-0.4, -0.2) is 44.3 Å². The third kappa shape index (κ3) is 4.98. The van der Waals surface area contributed by atoms with Crippen LogP contribution in [0.25, 0.3) is 11.0 Å². The predicted octanol–water partition coefficient (Wildman–Crippen LogP) is 3.86. The highest BCUT2D eigenvalue weighted by Crippen LogP contribution is 2.25. The number of carbonyl (C=O) groups is 2. The summed E-state index contributed by atoms with van der Waals surface area (Å²) in [6.45, 7) is 2.65. The molecule has 2 aromatic carbocycles. The van der Waals surface area contributed by atoms with Crippen molar-refractivity contribution in [3.05, 3.63) is 60.2 Å². The Balaban J connectivity index is 1.63. The zero-order chi connectivity index (χ0) is 22.3. The van der Waals surface area contributed by atoms with Gasteiger partial charge in [-0.05, 0) is 37.0 Å². The quantitative estimate of drug-likeness (QED) is 0.556. The summed E-state index contributed by atoms with van der Waals surface area (Å²) < 4.78 is 1.62. The molecule has 1 fully saturated rings. The van der Waals surface area contributed by atoms with Crippen LogP contribution >= 0.6 is 0 Å². The monoisotopic (exact) mass is 433 g/mol. The molecule has 4 rings (SSSR count). The van der Waals surface area contributed by atoms with E-state index in [1.807, 2.05) is 54.6 Å². The number of unbranched alkanes of at least 4 members (excludes halogenated alkanes) is 1. The summed E-state index contributed by atoms with van der Waals surface area (Å²) in [7, 11) is 0. The number of nitrogens with zero attached hydrogens (tertiary/aromatic N) is 4. The van der Waals surface area contributed by atoms with Crippen molar-refractivity contribution in [3.63, 3.8) is 0 Å². The van der Waals surface area contributed by atoms with Gasteiger partial charge in [0.1, 0.15) is 18.1 Å². The number of rotatable bonds is 9. The lowest BCUT2D eigenvalue weighted by atomic mass is 10.0. The van der Waals surface area contributed by atoms with Crippen LogP contribution in [0.4, 0.5) is 0 Å². The van der Waals surface area contributed by atoms with Gasteiger partial charge in [0, 0.05) is 12.6 Å². The van der Waals surface area contributed by atoms with Gasteiger partial charge in [-0.15, -0.1) is 5.10 Å². The van der Waals surface area contributed by atoms with Crippen molar-refractivity contribution in [1.29, 1.82) is 0 Å². The van der Waals surface area contributed by atoms with Gasteiger partial charge in [0.2, 0.25) is 11.8 Å². The first-order valence-corrected chi connectivity index (χ1v) is 11.6. The first kappa shape index (κ1) is 22.0. The van der Waals surface area contributed by atoms with Gasteiger partial charge in [0.15, 0.2) is 0 Å². The van der Waals surface area contributed by atoms with Crippen LogP contribution in [0.3, 0.4) is 0 Å². The van der Waals surface area contributed by atoms with Crippen LogP contribution in [0.1, 0.15) is 57.1 Å². The minimum absolute atomic E-state index is 0.0459. The number of amides is 2. The Morgan fingerprint density at radius 2 is 1.81 bits per heavy atom. The Bertz CT molecular complexity index is 1040. The molecule has 0 radical (unpaired) electrons. The number of aromatic nitrogens is 3. The molecule has 3 aromatic rings. The maximum absolute atomic E-state index is 13.6. The largest absolute Gasteiger partial charge is 0.351 e. The molecule has 1 N–H and O–H groups in total. The van der Waals surface area contributed by atoms with Crippen LogP contribution in [0.5, 0.6) is 0 Å². The first-order valence-electron chi connectivity index (χ1n) is 11.6. The smallest absolute Gasteiger partial charge is 0.247 e. The zero-order valence-corrected chi connectivity index (χ0v) is 18.6. The molecule has 7 nitrogen and oxygen atoms in total. The van der Waals surface area contributed by atoms with Crippen molar-refractivity contribution in [3.8, 4) is 0 Å². The molecule has 1 aromatic heterocycles. The van der Waals surface area contributed by atoms with Gasteiger partial charge < -0.3 is 10.2 Å². The summed E-state index contributed by atoms with van der Waals surface area (Å²) >= 11 is 0. The minimum atomic E-state index is -0.661. The van der Waals surface area contributed by atoms with E-state index in [2.05, 4.69) is 22.6 Å². The van der Waals surface area contributed by atoms with E-state index >= 15 is 0 Å².